The lowest BCUT2D eigenvalue weighted by atomic mass is 9.91. The minimum atomic E-state index is -0.186. The summed E-state index contributed by atoms with van der Waals surface area (Å²) in [6.07, 6.45) is 1.66. The highest BCUT2D eigenvalue weighted by atomic mass is 16.5. The van der Waals surface area contributed by atoms with Crippen molar-refractivity contribution in [2.75, 3.05) is 32.6 Å². The number of nitrogens with zero attached hydrogens (tertiary/aromatic N) is 1. The number of rotatable bonds is 10. The Bertz CT molecular complexity index is 1060. The number of carbonyl (C=O) groups is 1. The van der Waals surface area contributed by atoms with Crippen molar-refractivity contribution in [2.24, 2.45) is 0 Å². The van der Waals surface area contributed by atoms with Crippen LogP contribution in [-0.4, -0.2) is 43.2 Å². The number of allylic oxidation sites excluding steroid dienone is 1. The molecular formula is C28H32N2O3. The van der Waals surface area contributed by atoms with Crippen LogP contribution in [0.4, 0.5) is 5.69 Å². The predicted octanol–water partition coefficient (Wildman–Crippen LogP) is 5.68. The predicted molar refractivity (Wildman–Crippen MR) is 135 cm³/mol. The van der Waals surface area contributed by atoms with E-state index in [1.54, 1.807) is 24.3 Å². The quantitative estimate of drug-likeness (QED) is 0.312. The fraction of sp³-hybridized carbons (Fsp3) is 0.250. The fourth-order valence-corrected chi connectivity index (χ4v) is 3.55. The summed E-state index contributed by atoms with van der Waals surface area (Å²) < 4.78 is 5.75. The van der Waals surface area contributed by atoms with Crippen molar-refractivity contribution in [2.45, 2.75) is 19.8 Å². The van der Waals surface area contributed by atoms with Crippen molar-refractivity contribution in [1.82, 2.24) is 4.90 Å². The van der Waals surface area contributed by atoms with Gasteiger partial charge in [0.1, 0.15) is 18.1 Å². The smallest absolute Gasteiger partial charge is 0.256 e. The van der Waals surface area contributed by atoms with Crippen LogP contribution in [0.3, 0.4) is 0 Å². The number of aromatic hydroxyl groups is 1. The molecule has 3 aromatic carbocycles. The minimum absolute atomic E-state index is 0.167. The van der Waals surface area contributed by atoms with E-state index < -0.39 is 0 Å². The molecule has 0 fully saturated rings. The second-order valence-corrected chi connectivity index (χ2v) is 8.15. The zero-order valence-electron chi connectivity index (χ0n) is 19.5. The molecule has 0 saturated carbocycles. The SMILES string of the molecule is CCC/C(=C(\C(=O)Nc1ccc(OCCN(C)C)cc1)c1ccc(O)cc1)c1ccccc1. The molecule has 172 valence electrons. The van der Waals surface area contributed by atoms with Gasteiger partial charge in [0.2, 0.25) is 0 Å². The molecule has 0 spiro atoms. The second-order valence-electron chi connectivity index (χ2n) is 8.15. The summed E-state index contributed by atoms with van der Waals surface area (Å²) in [7, 11) is 4.01. The molecule has 0 aromatic heterocycles. The Hall–Kier alpha value is -3.57. The number of benzene rings is 3. The van der Waals surface area contributed by atoms with E-state index in [-0.39, 0.29) is 11.7 Å². The van der Waals surface area contributed by atoms with Crippen LogP contribution in [0.2, 0.25) is 0 Å². The molecule has 5 heteroatoms. The van der Waals surface area contributed by atoms with Gasteiger partial charge in [-0.2, -0.15) is 0 Å². The lowest BCUT2D eigenvalue weighted by molar-refractivity contribution is -0.111. The zero-order valence-corrected chi connectivity index (χ0v) is 19.5. The van der Waals surface area contributed by atoms with Crippen LogP contribution in [0.25, 0.3) is 11.1 Å². The number of anilines is 1. The van der Waals surface area contributed by atoms with E-state index in [4.69, 9.17) is 4.74 Å². The van der Waals surface area contributed by atoms with Crippen LogP contribution in [0.1, 0.15) is 30.9 Å². The van der Waals surface area contributed by atoms with Crippen molar-refractivity contribution in [1.29, 1.82) is 0 Å². The third-order valence-corrected chi connectivity index (χ3v) is 5.23. The number of nitrogens with one attached hydrogen (secondary N) is 1. The van der Waals surface area contributed by atoms with E-state index >= 15 is 0 Å². The Balaban J connectivity index is 1.91. The number of likely N-dealkylation sites (N-methyl/N-ethyl adjacent to an activating group) is 1. The number of hydrogen-bond donors (Lipinski definition) is 2. The number of amides is 1. The number of phenolic OH excluding ortho intramolecular Hbond substituents is 1. The molecule has 1 amide bonds. The molecule has 3 rings (SSSR count). The third-order valence-electron chi connectivity index (χ3n) is 5.23. The van der Waals surface area contributed by atoms with Gasteiger partial charge in [-0.3, -0.25) is 4.79 Å². The molecule has 2 N–H and O–H groups in total. The minimum Gasteiger partial charge on any atom is -0.508 e. The maximum absolute atomic E-state index is 13.6. The Morgan fingerprint density at radius 1 is 0.909 bits per heavy atom. The van der Waals surface area contributed by atoms with Crippen molar-refractivity contribution in [3.8, 4) is 11.5 Å². The van der Waals surface area contributed by atoms with E-state index in [1.165, 1.54) is 0 Å². The van der Waals surface area contributed by atoms with Crippen molar-refractivity contribution < 1.29 is 14.6 Å². The van der Waals surface area contributed by atoms with Crippen LogP contribution in [0.5, 0.6) is 11.5 Å². The Morgan fingerprint density at radius 3 is 2.18 bits per heavy atom. The summed E-state index contributed by atoms with van der Waals surface area (Å²) >= 11 is 0. The molecule has 0 unspecified atom stereocenters. The Kier molecular flexibility index (Phi) is 8.67. The van der Waals surface area contributed by atoms with Gasteiger partial charge in [-0.1, -0.05) is 55.8 Å². The van der Waals surface area contributed by atoms with E-state index in [0.717, 1.165) is 41.8 Å². The maximum Gasteiger partial charge on any atom is 0.256 e. The van der Waals surface area contributed by atoms with Gasteiger partial charge in [0.15, 0.2) is 0 Å². The highest BCUT2D eigenvalue weighted by Crippen LogP contribution is 2.32. The summed E-state index contributed by atoms with van der Waals surface area (Å²) in [5.74, 6) is 0.745. The maximum atomic E-state index is 13.6. The van der Waals surface area contributed by atoms with Gasteiger partial charge in [-0.25, -0.2) is 0 Å². The molecule has 0 radical (unpaired) electrons. The molecule has 0 bridgehead atoms. The molecule has 0 saturated heterocycles. The molecule has 33 heavy (non-hydrogen) atoms. The summed E-state index contributed by atoms with van der Waals surface area (Å²) in [5, 5.41) is 12.8. The van der Waals surface area contributed by atoms with Crippen LogP contribution >= 0.6 is 0 Å². The van der Waals surface area contributed by atoms with E-state index in [1.807, 2.05) is 68.7 Å². The summed E-state index contributed by atoms with van der Waals surface area (Å²) in [6.45, 7) is 3.53. The molecule has 0 atom stereocenters. The van der Waals surface area contributed by atoms with E-state index in [9.17, 15) is 9.90 Å². The number of ether oxygens (including phenoxy) is 1. The molecule has 0 aliphatic heterocycles. The third kappa shape index (κ3) is 6.96. The van der Waals surface area contributed by atoms with Crippen molar-refractivity contribution in [3.05, 3.63) is 90.0 Å². The van der Waals surface area contributed by atoms with Crippen LogP contribution in [0, 0.1) is 0 Å². The topological polar surface area (TPSA) is 61.8 Å². The van der Waals surface area contributed by atoms with Gasteiger partial charge >= 0.3 is 0 Å². The first-order valence-corrected chi connectivity index (χ1v) is 11.2. The van der Waals surface area contributed by atoms with Crippen molar-refractivity contribution >= 4 is 22.7 Å². The molecule has 0 heterocycles. The molecular weight excluding hydrogens is 412 g/mol. The van der Waals surface area contributed by atoms with Gasteiger partial charge in [-0.15, -0.1) is 0 Å². The average Bonchev–Trinajstić information content (AvgIpc) is 2.81. The highest BCUT2D eigenvalue weighted by Gasteiger charge is 2.19. The first-order chi connectivity index (χ1) is 16.0. The first-order valence-electron chi connectivity index (χ1n) is 11.2. The first kappa shape index (κ1) is 24.1. The van der Waals surface area contributed by atoms with Gasteiger partial charge in [0.05, 0.1) is 5.57 Å². The molecule has 0 aliphatic carbocycles. The average molecular weight is 445 g/mol. The Labute approximate surface area is 196 Å². The summed E-state index contributed by atoms with van der Waals surface area (Å²) in [4.78, 5) is 15.6. The van der Waals surface area contributed by atoms with Gasteiger partial charge in [-0.05, 0) is 73.6 Å². The fourth-order valence-electron chi connectivity index (χ4n) is 3.55. The largest absolute Gasteiger partial charge is 0.508 e. The van der Waals surface area contributed by atoms with E-state index in [0.29, 0.717) is 17.9 Å². The monoisotopic (exact) mass is 444 g/mol. The van der Waals surface area contributed by atoms with Crippen LogP contribution in [-0.2, 0) is 4.79 Å². The summed E-state index contributed by atoms with van der Waals surface area (Å²) in [5.41, 5.74) is 4.06. The number of carbonyl (C=O) groups excluding carboxylic acids is 1. The Morgan fingerprint density at radius 2 is 1.58 bits per heavy atom. The number of hydrogen-bond acceptors (Lipinski definition) is 4. The van der Waals surface area contributed by atoms with Crippen LogP contribution in [0.15, 0.2) is 78.9 Å². The molecule has 0 aliphatic rings. The standard InChI is InChI=1S/C28H32N2O3/c1-4-8-26(21-9-6-5-7-10-21)27(22-11-15-24(31)16-12-22)28(32)29-23-13-17-25(18-14-23)33-20-19-30(2)3/h5-7,9-18,31H,4,8,19-20H2,1-3H3,(H,29,32)/b27-26+. The summed E-state index contributed by atoms with van der Waals surface area (Å²) in [6, 6.07) is 24.2. The van der Waals surface area contributed by atoms with Gasteiger partial charge in [0, 0.05) is 12.2 Å². The number of phenols is 1. The van der Waals surface area contributed by atoms with Crippen molar-refractivity contribution in [3.63, 3.8) is 0 Å². The second kappa shape index (κ2) is 11.9. The zero-order chi connectivity index (χ0) is 23.6. The van der Waals surface area contributed by atoms with Gasteiger partial charge in [0.25, 0.3) is 5.91 Å². The lowest BCUT2D eigenvalue weighted by Crippen LogP contribution is -2.19. The highest BCUT2D eigenvalue weighted by molar-refractivity contribution is 6.31. The van der Waals surface area contributed by atoms with Gasteiger partial charge < -0.3 is 20.1 Å². The molecule has 5 nitrogen and oxygen atoms in total. The normalized spacial score (nSPS) is 11.8. The van der Waals surface area contributed by atoms with Crippen LogP contribution < -0.4 is 10.1 Å². The van der Waals surface area contributed by atoms with E-state index in [2.05, 4.69) is 17.1 Å². The lowest BCUT2D eigenvalue weighted by Gasteiger charge is -2.17. The molecule has 3 aromatic rings.